The molecule has 2 heterocycles. The van der Waals surface area contributed by atoms with Crippen molar-refractivity contribution in [3.63, 3.8) is 0 Å². The van der Waals surface area contributed by atoms with E-state index in [0.717, 1.165) is 25.1 Å². The summed E-state index contributed by atoms with van der Waals surface area (Å²) < 4.78 is 5.24. The lowest BCUT2D eigenvalue weighted by Gasteiger charge is -2.16. The van der Waals surface area contributed by atoms with E-state index in [-0.39, 0.29) is 6.61 Å². The number of nitrogens with zero attached hydrogens (tertiary/aromatic N) is 3. The first-order chi connectivity index (χ1) is 8.83. The van der Waals surface area contributed by atoms with Crippen LogP contribution >= 0.6 is 11.3 Å². The largest absolute Gasteiger partial charge is 0.396 e. The van der Waals surface area contributed by atoms with Crippen molar-refractivity contribution in [3.8, 4) is 11.4 Å². The SMILES string of the molecule is CCN(CCCO)Cc1nc(-c2ccsc2)no1. The standard InChI is InChI=1S/C12H17N3O2S/c1-2-15(5-3-6-16)8-11-13-12(14-17-11)10-4-7-18-9-10/h4,7,9,16H,2-3,5-6,8H2,1H3. The summed E-state index contributed by atoms with van der Waals surface area (Å²) in [5, 5.41) is 16.8. The maximum Gasteiger partial charge on any atom is 0.241 e. The molecule has 6 heteroatoms. The first-order valence-corrected chi connectivity index (χ1v) is 6.96. The molecule has 0 aromatic carbocycles. The molecule has 0 aliphatic rings. The van der Waals surface area contributed by atoms with Gasteiger partial charge in [0.15, 0.2) is 0 Å². The monoisotopic (exact) mass is 267 g/mol. The van der Waals surface area contributed by atoms with Gasteiger partial charge in [-0.1, -0.05) is 12.1 Å². The van der Waals surface area contributed by atoms with Crippen molar-refractivity contribution >= 4 is 11.3 Å². The van der Waals surface area contributed by atoms with Crippen LogP contribution in [0.2, 0.25) is 0 Å². The van der Waals surface area contributed by atoms with Crippen molar-refractivity contribution in [3.05, 3.63) is 22.7 Å². The lowest BCUT2D eigenvalue weighted by molar-refractivity contribution is 0.205. The van der Waals surface area contributed by atoms with Gasteiger partial charge >= 0.3 is 0 Å². The highest BCUT2D eigenvalue weighted by Gasteiger charge is 2.11. The van der Waals surface area contributed by atoms with E-state index in [1.807, 2.05) is 16.8 Å². The molecule has 5 nitrogen and oxygen atoms in total. The van der Waals surface area contributed by atoms with Gasteiger partial charge in [-0.15, -0.1) is 0 Å². The molecule has 0 saturated carbocycles. The Labute approximate surface area is 110 Å². The van der Waals surface area contributed by atoms with Crippen molar-refractivity contribution < 1.29 is 9.63 Å². The first kappa shape index (κ1) is 13.2. The lowest BCUT2D eigenvalue weighted by atomic mass is 10.3. The van der Waals surface area contributed by atoms with E-state index in [1.54, 1.807) is 11.3 Å². The molecule has 0 aliphatic carbocycles. The molecule has 0 bridgehead atoms. The fraction of sp³-hybridized carbons (Fsp3) is 0.500. The fourth-order valence-electron chi connectivity index (χ4n) is 1.66. The first-order valence-electron chi connectivity index (χ1n) is 6.02. The maximum atomic E-state index is 8.83. The van der Waals surface area contributed by atoms with Crippen molar-refractivity contribution in [1.82, 2.24) is 15.0 Å². The number of thiophene rings is 1. The van der Waals surface area contributed by atoms with Crippen LogP contribution in [-0.2, 0) is 6.54 Å². The molecule has 0 amide bonds. The van der Waals surface area contributed by atoms with Crippen LogP contribution < -0.4 is 0 Å². The maximum absolute atomic E-state index is 8.83. The summed E-state index contributed by atoms with van der Waals surface area (Å²) in [6, 6.07) is 1.97. The zero-order chi connectivity index (χ0) is 12.8. The number of aromatic nitrogens is 2. The lowest BCUT2D eigenvalue weighted by Crippen LogP contribution is -2.24. The average molecular weight is 267 g/mol. The third-order valence-electron chi connectivity index (χ3n) is 2.69. The highest BCUT2D eigenvalue weighted by atomic mass is 32.1. The summed E-state index contributed by atoms with van der Waals surface area (Å²) in [4.78, 5) is 6.54. The van der Waals surface area contributed by atoms with Crippen LogP contribution in [0.1, 0.15) is 19.2 Å². The summed E-state index contributed by atoms with van der Waals surface area (Å²) in [6.07, 6.45) is 0.763. The predicted octanol–water partition coefficient (Wildman–Crippen LogP) is 2.00. The van der Waals surface area contributed by atoms with Gasteiger partial charge in [-0.25, -0.2) is 0 Å². The quantitative estimate of drug-likeness (QED) is 0.831. The average Bonchev–Trinajstić information content (AvgIpc) is 3.04. The van der Waals surface area contributed by atoms with E-state index >= 15 is 0 Å². The summed E-state index contributed by atoms with van der Waals surface area (Å²) >= 11 is 1.61. The minimum absolute atomic E-state index is 0.209. The minimum Gasteiger partial charge on any atom is -0.396 e. The van der Waals surface area contributed by atoms with Crippen molar-refractivity contribution in [2.75, 3.05) is 19.7 Å². The molecule has 98 valence electrons. The van der Waals surface area contributed by atoms with Gasteiger partial charge in [0.05, 0.1) is 6.54 Å². The minimum atomic E-state index is 0.209. The molecule has 2 aromatic rings. The number of hydrogen-bond donors (Lipinski definition) is 1. The molecule has 0 atom stereocenters. The molecular weight excluding hydrogens is 250 g/mol. The number of aliphatic hydroxyl groups is 1. The molecule has 18 heavy (non-hydrogen) atoms. The van der Waals surface area contributed by atoms with Gasteiger partial charge in [-0.2, -0.15) is 16.3 Å². The molecule has 0 fully saturated rings. The Balaban J connectivity index is 1.97. The van der Waals surface area contributed by atoms with Gasteiger partial charge in [0.1, 0.15) is 0 Å². The Hall–Kier alpha value is -1.24. The summed E-state index contributed by atoms with van der Waals surface area (Å²) in [5.74, 6) is 1.26. The third kappa shape index (κ3) is 3.38. The van der Waals surface area contributed by atoms with Crippen LogP contribution in [0.3, 0.4) is 0 Å². The number of aliphatic hydroxyl groups excluding tert-OH is 1. The van der Waals surface area contributed by atoms with Crippen LogP contribution in [0.5, 0.6) is 0 Å². The highest BCUT2D eigenvalue weighted by molar-refractivity contribution is 7.08. The molecule has 0 saturated heterocycles. The Morgan fingerprint density at radius 1 is 1.50 bits per heavy atom. The van der Waals surface area contributed by atoms with Gasteiger partial charge in [0.25, 0.3) is 0 Å². The number of rotatable bonds is 7. The van der Waals surface area contributed by atoms with E-state index < -0.39 is 0 Å². The molecule has 0 aliphatic heterocycles. The second-order valence-corrected chi connectivity index (χ2v) is 4.75. The van der Waals surface area contributed by atoms with Crippen LogP contribution in [0.25, 0.3) is 11.4 Å². The van der Waals surface area contributed by atoms with E-state index in [1.165, 1.54) is 0 Å². The van der Waals surface area contributed by atoms with E-state index in [4.69, 9.17) is 9.63 Å². The topological polar surface area (TPSA) is 62.4 Å². The molecule has 0 radical (unpaired) electrons. The molecule has 0 unspecified atom stereocenters. The third-order valence-corrected chi connectivity index (χ3v) is 3.37. The summed E-state index contributed by atoms with van der Waals surface area (Å²) in [6.45, 7) is 4.65. The predicted molar refractivity (Wildman–Crippen MR) is 70.3 cm³/mol. The molecular formula is C12H17N3O2S. The van der Waals surface area contributed by atoms with Crippen LogP contribution in [0.4, 0.5) is 0 Å². The number of hydrogen-bond acceptors (Lipinski definition) is 6. The molecule has 0 spiro atoms. The van der Waals surface area contributed by atoms with Crippen LogP contribution in [0, 0.1) is 0 Å². The Kier molecular flexibility index (Phi) is 4.86. The fourth-order valence-corrected chi connectivity index (χ4v) is 2.30. The zero-order valence-electron chi connectivity index (χ0n) is 10.4. The normalized spacial score (nSPS) is 11.3. The summed E-state index contributed by atoms with van der Waals surface area (Å²) in [7, 11) is 0. The second-order valence-electron chi connectivity index (χ2n) is 3.97. The van der Waals surface area contributed by atoms with Gasteiger partial charge in [0.2, 0.25) is 11.7 Å². The van der Waals surface area contributed by atoms with Gasteiger partial charge in [-0.05, 0) is 24.4 Å². The Bertz CT molecular complexity index is 456. The van der Waals surface area contributed by atoms with Gasteiger partial charge < -0.3 is 9.63 Å². The van der Waals surface area contributed by atoms with E-state index in [2.05, 4.69) is 22.0 Å². The van der Waals surface area contributed by atoms with Crippen molar-refractivity contribution in [2.45, 2.75) is 19.9 Å². The van der Waals surface area contributed by atoms with Crippen LogP contribution in [0.15, 0.2) is 21.3 Å². The van der Waals surface area contributed by atoms with Crippen molar-refractivity contribution in [2.24, 2.45) is 0 Å². The zero-order valence-corrected chi connectivity index (χ0v) is 11.2. The molecule has 2 aromatic heterocycles. The smallest absolute Gasteiger partial charge is 0.241 e. The second kappa shape index (κ2) is 6.63. The molecule has 2 rings (SSSR count). The molecule has 1 N–H and O–H groups in total. The van der Waals surface area contributed by atoms with Gasteiger partial charge in [-0.3, -0.25) is 4.90 Å². The summed E-state index contributed by atoms with van der Waals surface area (Å²) in [5.41, 5.74) is 0.994. The van der Waals surface area contributed by atoms with Crippen molar-refractivity contribution in [1.29, 1.82) is 0 Å². The van der Waals surface area contributed by atoms with Crippen LogP contribution in [-0.4, -0.2) is 39.8 Å². The Morgan fingerprint density at radius 2 is 2.39 bits per heavy atom. The Morgan fingerprint density at radius 3 is 3.06 bits per heavy atom. The highest BCUT2D eigenvalue weighted by Crippen LogP contribution is 2.19. The van der Waals surface area contributed by atoms with E-state index in [0.29, 0.717) is 18.3 Å². The van der Waals surface area contributed by atoms with E-state index in [9.17, 15) is 0 Å². The van der Waals surface area contributed by atoms with Gasteiger partial charge in [0, 0.05) is 24.1 Å².